The summed E-state index contributed by atoms with van der Waals surface area (Å²) in [6, 6.07) is 18.0. The molecule has 4 aromatic rings. The van der Waals surface area contributed by atoms with Crippen molar-refractivity contribution in [1.82, 2.24) is 15.0 Å². The molecule has 0 aliphatic rings. The minimum Gasteiger partial charge on any atom is -0.254 e. The van der Waals surface area contributed by atoms with Crippen molar-refractivity contribution in [3.8, 4) is 11.4 Å². The molecule has 4 rings (SSSR count). The fraction of sp³-hybridized carbons (Fsp3) is 0. The van der Waals surface area contributed by atoms with Crippen molar-refractivity contribution in [3.05, 3.63) is 65.4 Å². The van der Waals surface area contributed by atoms with E-state index in [1.807, 2.05) is 36.4 Å². The molecule has 0 fully saturated rings. The maximum Gasteiger partial charge on any atom is 0.106 e. The molecule has 0 unspecified atom stereocenters. The highest BCUT2D eigenvalue weighted by Crippen LogP contribution is 2.25. The Balaban J connectivity index is 2.02. The molecule has 1 aromatic carbocycles. The van der Waals surface area contributed by atoms with Crippen LogP contribution in [0.5, 0.6) is 0 Å². The van der Waals surface area contributed by atoms with Gasteiger partial charge in [0.05, 0.1) is 22.4 Å². The molecule has 21 heavy (non-hydrogen) atoms. The van der Waals surface area contributed by atoms with Crippen LogP contribution in [0.4, 0.5) is 0 Å². The maximum atomic E-state index is 4.77. The highest BCUT2D eigenvalue weighted by Gasteiger charge is 2.07. The van der Waals surface area contributed by atoms with Gasteiger partial charge in [-0.2, -0.15) is 0 Å². The van der Waals surface area contributed by atoms with E-state index in [4.69, 9.17) is 4.98 Å². The molecule has 0 saturated carbocycles. The van der Waals surface area contributed by atoms with Crippen LogP contribution in [-0.4, -0.2) is 15.0 Å². The van der Waals surface area contributed by atoms with E-state index in [0.717, 1.165) is 37.8 Å². The van der Waals surface area contributed by atoms with E-state index in [0.29, 0.717) is 0 Å². The first-order valence-corrected chi connectivity index (χ1v) is 7.38. The first-order chi connectivity index (χ1) is 10.3. The van der Waals surface area contributed by atoms with Crippen LogP contribution < -0.4 is 0 Å². The first kappa shape index (κ1) is 12.4. The Hall–Kier alpha value is -2.33. The van der Waals surface area contributed by atoms with Crippen molar-refractivity contribution in [1.29, 1.82) is 0 Å². The van der Waals surface area contributed by atoms with Gasteiger partial charge >= 0.3 is 0 Å². The number of aromatic nitrogens is 3. The number of hydrogen-bond acceptors (Lipinski definition) is 3. The minimum absolute atomic E-state index is 0.804. The second-order valence-electron chi connectivity index (χ2n) is 4.75. The van der Waals surface area contributed by atoms with E-state index in [-0.39, 0.29) is 0 Å². The van der Waals surface area contributed by atoms with Crippen LogP contribution in [0.25, 0.3) is 33.2 Å². The van der Waals surface area contributed by atoms with Gasteiger partial charge in [-0.1, -0.05) is 30.3 Å². The van der Waals surface area contributed by atoms with Crippen LogP contribution >= 0.6 is 15.9 Å². The van der Waals surface area contributed by atoms with Crippen LogP contribution in [0.2, 0.25) is 0 Å². The fourth-order valence-corrected chi connectivity index (χ4v) is 2.76. The third-order valence-corrected chi connectivity index (χ3v) is 3.85. The van der Waals surface area contributed by atoms with Gasteiger partial charge in [-0.15, -0.1) is 0 Å². The SMILES string of the molecule is Brc1cccc(-c2ccc3ccc4cccnc4c3n2)n1. The fourth-order valence-electron chi connectivity index (χ4n) is 2.42. The molecular weight excluding hydrogens is 326 g/mol. The molecule has 100 valence electrons. The summed E-state index contributed by atoms with van der Waals surface area (Å²) < 4.78 is 0.804. The number of hydrogen-bond donors (Lipinski definition) is 0. The van der Waals surface area contributed by atoms with E-state index in [9.17, 15) is 0 Å². The zero-order chi connectivity index (χ0) is 14.2. The number of fused-ring (bicyclic) bond motifs is 3. The van der Waals surface area contributed by atoms with Crippen molar-refractivity contribution < 1.29 is 0 Å². The molecule has 0 atom stereocenters. The van der Waals surface area contributed by atoms with Crippen LogP contribution in [-0.2, 0) is 0 Å². The third-order valence-electron chi connectivity index (χ3n) is 3.41. The van der Waals surface area contributed by atoms with Gasteiger partial charge in [0.2, 0.25) is 0 Å². The second-order valence-corrected chi connectivity index (χ2v) is 5.57. The lowest BCUT2D eigenvalue weighted by atomic mass is 10.1. The van der Waals surface area contributed by atoms with Crippen LogP contribution in [0, 0.1) is 0 Å². The van der Waals surface area contributed by atoms with E-state index in [1.54, 1.807) is 6.20 Å². The smallest absolute Gasteiger partial charge is 0.106 e. The van der Waals surface area contributed by atoms with E-state index in [1.165, 1.54) is 0 Å². The van der Waals surface area contributed by atoms with Crippen molar-refractivity contribution >= 4 is 37.7 Å². The van der Waals surface area contributed by atoms with Gasteiger partial charge in [0, 0.05) is 17.0 Å². The van der Waals surface area contributed by atoms with Crippen molar-refractivity contribution in [2.24, 2.45) is 0 Å². The molecule has 0 bridgehead atoms. The largest absolute Gasteiger partial charge is 0.254 e. The Morgan fingerprint density at radius 2 is 1.43 bits per heavy atom. The molecule has 0 radical (unpaired) electrons. The predicted octanol–water partition coefficient (Wildman–Crippen LogP) is 4.61. The number of rotatable bonds is 1. The predicted molar refractivity (Wildman–Crippen MR) is 88.0 cm³/mol. The minimum atomic E-state index is 0.804. The highest BCUT2D eigenvalue weighted by molar-refractivity contribution is 9.10. The molecule has 0 spiro atoms. The molecular formula is C17H10BrN3. The van der Waals surface area contributed by atoms with E-state index in [2.05, 4.69) is 44.1 Å². The normalized spacial score (nSPS) is 11.1. The Morgan fingerprint density at radius 1 is 0.667 bits per heavy atom. The second kappa shape index (κ2) is 4.90. The Morgan fingerprint density at radius 3 is 2.29 bits per heavy atom. The Bertz CT molecular complexity index is 966. The van der Waals surface area contributed by atoms with Crippen LogP contribution in [0.1, 0.15) is 0 Å². The number of benzene rings is 1. The summed E-state index contributed by atoms with van der Waals surface area (Å²) in [5.74, 6) is 0. The average Bonchev–Trinajstić information content (AvgIpc) is 2.54. The van der Waals surface area contributed by atoms with Gasteiger partial charge in [-0.05, 0) is 40.2 Å². The van der Waals surface area contributed by atoms with Gasteiger partial charge in [-0.3, -0.25) is 4.98 Å². The number of halogens is 1. The highest BCUT2D eigenvalue weighted by atomic mass is 79.9. The van der Waals surface area contributed by atoms with Gasteiger partial charge in [0.25, 0.3) is 0 Å². The lowest BCUT2D eigenvalue weighted by Crippen LogP contribution is -1.90. The zero-order valence-corrected chi connectivity index (χ0v) is 12.6. The monoisotopic (exact) mass is 335 g/mol. The molecule has 4 heteroatoms. The summed E-state index contributed by atoms with van der Waals surface area (Å²) >= 11 is 3.40. The summed E-state index contributed by atoms with van der Waals surface area (Å²) in [4.78, 5) is 13.7. The summed E-state index contributed by atoms with van der Waals surface area (Å²) in [7, 11) is 0. The van der Waals surface area contributed by atoms with E-state index < -0.39 is 0 Å². The molecule has 0 amide bonds. The number of nitrogens with zero attached hydrogens (tertiary/aromatic N) is 3. The lowest BCUT2D eigenvalue weighted by Gasteiger charge is -2.05. The zero-order valence-electron chi connectivity index (χ0n) is 11.0. The average molecular weight is 336 g/mol. The van der Waals surface area contributed by atoms with Crippen molar-refractivity contribution in [2.45, 2.75) is 0 Å². The molecule has 3 heterocycles. The molecule has 0 N–H and O–H groups in total. The summed E-state index contributed by atoms with van der Waals surface area (Å²) in [5, 5.41) is 2.18. The molecule has 0 aliphatic carbocycles. The Kier molecular flexibility index (Phi) is 2.89. The van der Waals surface area contributed by atoms with Gasteiger partial charge in [0.1, 0.15) is 4.60 Å². The molecule has 0 saturated heterocycles. The van der Waals surface area contributed by atoms with Gasteiger partial charge in [0.15, 0.2) is 0 Å². The van der Waals surface area contributed by atoms with Crippen molar-refractivity contribution in [3.63, 3.8) is 0 Å². The summed E-state index contributed by atoms with van der Waals surface area (Å²) in [6.07, 6.45) is 1.80. The molecule has 3 nitrogen and oxygen atoms in total. The van der Waals surface area contributed by atoms with Crippen LogP contribution in [0.15, 0.2) is 65.4 Å². The molecule has 0 aliphatic heterocycles. The number of pyridine rings is 3. The Labute approximate surface area is 129 Å². The van der Waals surface area contributed by atoms with Gasteiger partial charge < -0.3 is 0 Å². The summed E-state index contributed by atoms with van der Waals surface area (Å²) in [6.45, 7) is 0. The topological polar surface area (TPSA) is 38.7 Å². The first-order valence-electron chi connectivity index (χ1n) is 6.59. The lowest BCUT2D eigenvalue weighted by molar-refractivity contribution is 1.24. The van der Waals surface area contributed by atoms with Gasteiger partial charge in [-0.25, -0.2) is 9.97 Å². The van der Waals surface area contributed by atoms with Crippen molar-refractivity contribution in [2.75, 3.05) is 0 Å². The summed E-state index contributed by atoms with van der Waals surface area (Å²) in [5.41, 5.74) is 3.53. The quantitative estimate of drug-likeness (QED) is 0.376. The third kappa shape index (κ3) is 2.17. The maximum absolute atomic E-state index is 4.77. The molecule has 3 aromatic heterocycles. The standard InChI is InChI=1S/C17H10BrN3/c18-15-5-1-4-13(20-15)14-9-8-12-7-6-11-3-2-10-19-16(11)17(12)21-14/h1-10H. The van der Waals surface area contributed by atoms with E-state index >= 15 is 0 Å². The van der Waals surface area contributed by atoms with Crippen LogP contribution in [0.3, 0.4) is 0 Å².